The van der Waals surface area contributed by atoms with Crippen LogP contribution in [-0.2, 0) is 6.42 Å². The second-order valence-corrected chi connectivity index (χ2v) is 9.60. The van der Waals surface area contributed by atoms with Crippen LogP contribution in [0.4, 0.5) is 0 Å². The quantitative estimate of drug-likeness (QED) is 0.262. The summed E-state index contributed by atoms with van der Waals surface area (Å²) in [7, 11) is 0. The Kier molecular flexibility index (Phi) is 4.25. The molecule has 0 spiro atoms. The smallest absolute Gasteiger partial charge is 0.145 e. The van der Waals surface area contributed by atoms with Gasteiger partial charge in [-0.05, 0) is 53.9 Å². The molecule has 0 radical (unpaired) electrons. The summed E-state index contributed by atoms with van der Waals surface area (Å²) < 4.78 is 4.48. The summed E-state index contributed by atoms with van der Waals surface area (Å²) in [5.74, 6) is 0.949. The van der Waals surface area contributed by atoms with Crippen LogP contribution in [0, 0.1) is 0 Å². The molecule has 0 aliphatic heterocycles. The van der Waals surface area contributed by atoms with Gasteiger partial charge >= 0.3 is 0 Å². The van der Waals surface area contributed by atoms with Crippen molar-refractivity contribution in [2.75, 3.05) is 0 Å². The Morgan fingerprint density at radius 3 is 2.32 bits per heavy atom. The van der Waals surface area contributed by atoms with E-state index in [-0.39, 0.29) is 0 Å². The zero-order valence-corrected chi connectivity index (χ0v) is 20.0. The highest BCUT2D eigenvalue weighted by atomic mass is 15.1. The molecule has 4 aromatic carbocycles. The zero-order valence-electron chi connectivity index (χ0n) is 20.0. The molecule has 0 saturated carbocycles. The minimum Gasteiger partial charge on any atom is -0.300 e. The molecule has 0 atom stereocenters. The average molecular weight is 475 g/mol. The second-order valence-electron chi connectivity index (χ2n) is 9.60. The van der Waals surface area contributed by atoms with Crippen LogP contribution in [0.2, 0.25) is 0 Å². The van der Waals surface area contributed by atoms with E-state index >= 15 is 0 Å². The van der Waals surface area contributed by atoms with Gasteiger partial charge in [0.25, 0.3) is 0 Å². The maximum absolute atomic E-state index is 4.76. The third-order valence-electron chi connectivity index (χ3n) is 7.41. The first-order valence-electron chi connectivity index (χ1n) is 12.5. The van der Waals surface area contributed by atoms with E-state index in [2.05, 4.69) is 105 Å². The minimum atomic E-state index is 0.847. The van der Waals surface area contributed by atoms with Crippen molar-refractivity contribution in [3.05, 3.63) is 133 Å². The summed E-state index contributed by atoms with van der Waals surface area (Å²) in [5.41, 5.74) is 8.26. The number of pyridine rings is 1. The van der Waals surface area contributed by atoms with Crippen molar-refractivity contribution in [2.24, 2.45) is 0 Å². The van der Waals surface area contributed by atoms with Gasteiger partial charge in [0.2, 0.25) is 0 Å². The van der Waals surface area contributed by atoms with E-state index in [9.17, 15) is 0 Å². The normalized spacial score (nSPS) is 11.9. The van der Waals surface area contributed by atoms with E-state index in [0.29, 0.717) is 0 Å². The predicted octanol–water partition coefficient (Wildman–Crippen LogP) is 7.68. The third-order valence-corrected chi connectivity index (χ3v) is 7.41. The molecule has 0 bridgehead atoms. The molecule has 4 nitrogen and oxygen atoms in total. The van der Waals surface area contributed by atoms with Crippen LogP contribution in [0.15, 0.2) is 122 Å². The first-order chi connectivity index (χ1) is 18.3. The van der Waals surface area contributed by atoms with Gasteiger partial charge in [-0.1, -0.05) is 66.7 Å². The van der Waals surface area contributed by atoms with E-state index in [4.69, 9.17) is 4.98 Å². The molecule has 4 aromatic heterocycles. The molecular formula is C33H22N4. The van der Waals surface area contributed by atoms with E-state index in [0.717, 1.165) is 29.1 Å². The first-order valence-corrected chi connectivity index (χ1v) is 12.5. The number of para-hydroxylation sites is 2. The lowest BCUT2D eigenvalue weighted by Gasteiger charge is -2.10. The number of benzene rings is 4. The monoisotopic (exact) mass is 474 g/mol. The summed E-state index contributed by atoms with van der Waals surface area (Å²) in [6, 6.07) is 36.7. The number of rotatable bonds is 4. The maximum Gasteiger partial charge on any atom is 0.145 e. The molecule has 0 N–H and O–H groups in total. The first kappa shape index (κ1) is 20.3. The zero-order chi connectivity index (χ0) is 24.3. The molecule has 4 heteroatoms. The van der Waals surface area contributed by atoms with Crippen molar-refractivity contribution in [3.63, 3.8) is 0 Å². The number of hydrogen-bond donors (Lipinski definition) is 0. The number of imidazole rings is 1. The lowest BCUT2D eigenvalue weighted by atomic mass is 10.0. The van der Waals surface area contributed by atoms with Gasteiger partial charge in [-0.15, -0.1) is 0 Å². The fourth-order valence-corrected chi connectivity index (χ4v) is 5.81. The lowest BCUT2D eigenvalue weighted by molar-refractivity contribution is 1.06. The standard InChI is InChI=1S/C33H22N4/c1-2-9-25(10-3-1)36-18-17-35-32(36)24-8-4-7-22(20-24)19-23-14-15-26-27-11-5-12-28-29-13-6-16-34-33(29)37(31(27)28)30(26)21-23/h1-18,20-21H,19H2. The van der Waals surface area contributed by atoms with Crippen LogP contribution >= 0.6 is 0 Å². The number of aromatic nitrogens is 4. The van der Waals surface area contributed by atoms with Gasteiger partial charge in [-0.2, -0.15) is 0 Å². The average Bonchev–Trinajstić information content (AvgIpc) is 3.66. The second kappa shape index (κ2) is 7.77. The Morgan fingerprint density at radius 1 is 0.595 bits per heavy atom. The van der Waals surface area contributed by atoms with Crippen molar-refractivity contribution >= 4 is 38.2 Å². The van der Waals surface area contributed by atoms with Crippen LogP contribution in [0.25, 0.3) is 55.3 Å². The Morgan fingerprint density at radius 2 is 1.41 bits per heavy atom. The highest BCUT2D eigenvalue weighted by Crippen LogP contribution is 2.38. The molecule has 174 valence electrons. The van der Waals surface area contributed by atoms with E-state index < -0.39 is 0 Å². The van der Waals surface area contributed by atoms with Gasteiger partial charge in [-0.3, -0.25) is 8.97 Å². The molecule has 4 heterocycles. The van der Waals surface area contributed by atoms with Crippen molar-refractivity contribution in [1.29, 1.82) is 0 Å². The molecule has 0 fully saturated rings. The van der Waals surface area contributed by atoms with E-state index in [1.54, 1.807) is 0 Å². The fraction of sp³-hybridized carbons (Fsp3) is 0.0303. The highest BCUT2D eigenvalue weighted by Gasteiger charge is 2.18. The Hall–Kier alpha value is -4.96. The van der Waals surface area contributed by atoms with Crippen LogP contribution < -0.4 is 0 Å². The number of fused-ring (bicyclic) bond motifs is 6. The largest absolute Gasteiger partial charge is 0.300 e. The van der Waals surface area contributed by atoms with Crippen LogP contribution in [0.3, 0.4) is 0 Å². The van der Waals surface area contributed by atoms with Crippen molar-refractivity contribution in [2.45, 2.75) is 6.42 Å². The van der Waals surface area contributed by atoms with Crippen molar-refractivity contribution in [3.8, 4) is 17.1 Å². The molecule has 8 rings (SSSR count). The molecule has 37 heavy (non-hydrogen) atoms. The van der Waals surface area contributed by atoms with Crippen LogP contribution in [0.5, 0.6) is 0 Å². The van der Waals surface area contributed by atoms with E-state index in [1.807, 2.05) is 30.7 Å². The maximum atomic E-state index is 4.76. The summed E-state index contributed by atoms with van der Waals surface area (Å²) >= 11 is 0. The van der Waals surface area contributed by atoms with Crippen molar-refractivity contribution < 1.29 is 0 Å². The highest BCUT2D eigenvalue weighted by molar-refractivity contribution is 6.22. The molecule has 0 unspecified atom stereocenters. The van der Waals surface area contributed by atoms with E-state index in [1.165, 1.54) is 43.7 Å². The fourth-order valence-electron chi connectivity index (χ4n) is 5.81. The molecule has 8 aromatic rings. The van der Waals surface area contributed by atoms with Gasteiger partial charge in [0.05, 0.1) is 11.0 Å². The van der Waals surface area contributed by atoms with Gasteiger partial charge < -0.3 is 0 Å². The third kappa shape index (κ3) is 3.02. The SMILES string of the molecule is c1ccc(-n2ccnc2-c2cccc(Cc3ccc4c5cccc6c7cccnc7n(c4c3)c56)c2)cc1. The summed E-state index contributed by atoms with van der Waals surface area (Å²) in [6.07, 6.45) is 6.62. The summed E-state index contributed by atoms with van der Waals surface area (Å²) in [4.78, 5) is 9.44. The molecule has 0 aliphatic carbocycles. The summed E-state index contributed by atoms with van der Waals surface area (Å²) in [6.45, 7) is 0. The van der Waals surface area contributed by atoms with Crippen LogP contribution in [-0.4, -0.2) is 18.9 Å². The topological polar surface area (TPSA) is 35.1 Å². The molecule has 0 amide bonds. The Balaban J connectivity index is 1.23. The van der Waals surface area contributed by atoms with Gasteiger partial charge in [0.15, 0.2) is 0 Å². The molecule has 0 saturated heterocycles. The number of hydrogen-bond acceptors (Lipinski definition) is 2. The number of nitrogens with zero attached hydrogens (tertiary/aromatic N) is 4. The Labute approximate surface area is 213 Å². The predicted molar refractivity (Wildman–Crippen MR) is 151 cm³/mol. The van der Waals surface area contributed by atoms with Gasteiger partial charge in [0.1, 0.15) is 11.5 Å². The van der Waals surface area contributed by atoms with Gasteiger partial charge in [-0.25, -0.2) is 9.97 Å². The minimum absolute atomic E-state index is 0.847. The van der Waals surface area contributed by atoms with Gasteiger partial charge in [0, 0.05) is 51.4 Å². The molecular weight excluding hydrogens is 452 g/mol. The Bertz CT molecular complexity index is 2060. The summed E-state index contributed by atoms with van der Waals surface area (Å²) in [5, 5.41) is 5.03. The lowest BCUT2D eigenvalue weighted by Crippen LogP contribution is -1.97. The van der Waals surface area contributed by atoms with Crippen LogP contribution in [0.1, 0.15) is 11.1 Å². The van der Waals surface area contributed by atoms with Crippen molar-refractivity contribution in [1.82, 2.24) is 18.9 Å². The molecule has 0 aliphatic rings.